The van der Waals surface area contributed by atoms with Gasteiger partial charge in [-0.3, -0.25) is 0 Å². The zero-order valence-corrected chi connectivity index (χ0v) is 5.84. The van der Waals surface area contributed by atoms with E-state index < -0.39 is 0 Å². The van der Waals surface area contributed by atoms with Crippen LogP contribution in [0.4, 0.5) is 0 Å². The molecular formula is C4H4N8. The smallest absolute Gasteiger partial charge is 0.177 e. The van der Waals surface area contributed by atoms with Gasteiger partial charge < -0.3 is 0 Å². The predicted octanol–water partition coefficient (Wildman–Crippen LogP) is -1.12. The lowest BCUT2D eigenvalue weighted by Crippen LogP contribution is -1.77. The van der Waals surface area contributed by atoms with Crippen LogP contribution >= 0.6 is 0 Å². The Kier molecular flexibility index (Phi) is 1.57. The summed E-state index contributed by atoms with van der Waals surface area (Å²) in [5, 5.41) is 26.2. The van der Waals surface area contributed by atoms with Crippen molar-refractivity contribution in [3.63, 3.8) is 0 Å². The summed E-state index contributed by atoms with van der Waals surface area (Å²) >= 11 is 0. The molecule has 2 aromatic rings. The number of hydrogen-bond donors (Lipinski definition) is 2. The molecule has 0 bridgehead atoms. The number of nitrogens with one attached hydrogen (secondary N) is 2. The molecule has 0 saturated carbocycles. The van der Waals surface area contributed by atoms with E-state index in [1.54, 1.807) is 12.2 Å². The van der Waals surface area contributed by atoms with Crippen molar-refractivity contribution >= 4 is 12.2 Å². The first-order chi connectivity index (χ1) is 5.95. The third-order valence-electron chi connectivity index (χ3n) is 1.10. The summed E-state index contributed by atoms with van der Waals surface area (Å²) in [7, 11) is 0. The molecule has 2 N–H and O–H groups in total. The second-order valence-electron chi connectivity index (χ2n) is 1.87. The highest BCUT2D eigenvalue weighted by Crippen LogP contribution is 1.93. The van der Waals surface area contributed by atoms with Gasteiger partial charge in [-0.1, -0.05) is 0 Å². The van der Waals surface area contributed by atoms with Crippen molar-refractivity contribution in [3.8, 4) is 0 Å². The van der Waals surface area contributed by atoms with Gasteiger partial charge in [0.15, 0.2) is 11.6 Å². The number of tetrazole rings is 2. The first-order valence-electron chi connectivity index (χ1n) is 3.10. The first-order valence-corrected chi connectivity index (χ1v) is 3.10. The van der Waals surface area contributed by atoms with Crippen molar-refractivity contribution in [2.24, 2.45) is 0 Å². The Labute approximate surface area is 66.1 Å². The molecule has 2 rings (SSSR count). The van der Waals surface area contributed by atoms with Gasteiger partial charge in [0.1, 0.15) is 0 Å². The van der Waals surface area contributed by atoms with Crippen molar-refractivity contribution in [1.29, 1.82) is 0 Å². The molecule has 0 aliphatic rings. The topological polar surface area (TPSA) is 109 Å². The average Bonchev–Trinajstić information content (AvgIpc) is 2.74. The third kappa shape index (κ3) is 1.31. The number of rotatable bonds is 2. The summed E-state index contributed by atoms with van der Waals surface area (Å²) in [5.41, 5.74) is 0. The zero-order chi connectivity index (χ0) is 8.23. The fourth-order valence-corrected chi connectivity index (χ4v) is 0.629. The maximum absolute atomic E-state index is 3.70. The summed E-state index contributed by atoms with van der Waals surface area (Å²) in [6, 6.07) is 0. The monoisotopic (exact) mass is 164 g/mol. The number of hydrogen-bond acceptors (Lipinski definition) is 6. The van der Waals surface area contributed by atoms with Crippen LogP contribution in [-0.4, -0.2) is 41.2 Å². The zero-order valence-electron chi connectivity index (χ0n) is 5.84. The van der Waals surface area contributed by atoms with Crippen LogP contribution in [0.3, 0.4) is 0 Å². The molecule has 0 aromatic carbocycles. The highest BCUT2D eigenvalue weighted by atomic mass is 15.5. The second kappa shape index (κ2) is 2.86. The van der Waals surface area contributed by atoms with E-state index in [9.17, 15) is 0 Å². The summed E-state index contributed by atoms with van der Waals surface area (Å²) < 4.78 is 0. The second-order valence-corrected chi connectivity index (χ2v) is 1.87. The predicted molar refractivity (Wildman–Crippen MR) is 37.3 cm³/mol. The Morgan fingerprint density at radius 3 is 1.67 bits per heavy atom. The SMILES string of the molecule is C(=Cc1nn[nH]n1)c1nn[nH]n1. The molecule has 0 unspecified atom stereocenters. The van der Waals surface area contributed by atoms with Crippen molar-refractivity contribution in [2.45, 2.75) is 0 Å². The molecule has 2 heterocycles. The molecule has 0 aliphatic heterocycles. The minimum atomic E-state index is 0.472. The molecule has 0 spiro atoms. The van der Waals surface area contributed by atoms with E-state index >= 15 is 0 Å². The maximum atomic E-state index is 3.70. The van der Waals surface area contributed by atoms with Gasteiger partial charge in [-0.15, -0.1) is 20.4 Å². The highest BCUT2D eigenvalue weighted by molar-refractivity contribution is 5.61. The van der Waals surface area contributed by atoms with Crippen molar-refractivity contribution < 1.29 is 0 Å². The van der Waals surface area contributed by atoms with E-state index in [1.807, 2.05) is 0 Å². The van der Waals surface area contributed by atoms with Crippen LogP contribution in [0.15, 0.2) is 0 Å². The number of H-pyrrole nitrogens is 2. The lowest BCUT2D eigenvalue weighted by atomic mass is 10.5. The fourth-order valence-electron chi connectivity index (χ4n) is 0.629. The van der Waals surface area contributed by atoms with Crippen molar-refractivity contribution in [2.75, 3.05) is 0 Å². The minimum absolute atomic E-state index is 0.472. The lowest BCUT2D eigenvalue weighted by molar-refractivity contribution is 0.881. The van der Waals surface area contributed by atoms with Crippen LogP contribution in [0.1, 0.15) is 11.6 Å². The molecule has 12 heavy (non-hydrogen) atoms. The van der Waals surface area contributed by atoms with Crippen molar-refractivity contribution in [1.82, 2.24) is 41.2 Å². The minimum Gasteiger partial charge on any atom is -0.177 e. The van der Waals surface area contributed by atoms with Crippen LogP contribution in [0.5, 0.6) is 0 Å². The molecule has 8 heteroatoms. The summed E-state index contributed by atoms with van der Waals surface area (Å²) in [6.45, 7) is 0. The summed E-state index contributed by atoms with van der Waals surface area (Å²) in [5.74, 6) is 0.944. The van der Waals surface area contributed by atoms with Gasteiger partial charge >= 0.3 is 0 Å². The normalized spacial score (nSPS) is 11.0. The molecule has 0 fully saturated rings. The van der Waals surface area contributed by atoms with E-state index in [0.717, 1.165) is 0 Å². The maximum Gasteiger partial charge on any atom is 0.197 e. The summed E-state index contributed by atoms with van der Waals surface area (Å²) in [4.78, 5) is 0. The van der Waals surface area contributed by atoms with Gasteiger partial charge in [-0.25, -0.2) is 0 Å². The van der Waals surface area contributed by atoms with Crippen LogP contribution in [-0.2, 0) is 0 Å². The van der Waals surface area contributed by atoms with Crippen LogP contribution in [0, 0.1) is 0 Å². The van der Waals surface area contributed by atoms with E-state index in [2.05, 4.69) is 41.2 Å². The Hall–Kier alpha value is -2.12. The third-order valence-corrected chi connectivity index (χ3v) is 1.10. The molecule has 0 amide bonds. The number of aromatic nitrogens is 8. The van der Waals surface area contributed by atoms with Gasteiger partial charge in [0.05, 0.1) is 0 Å². The first kappa shape index (κ1) is 6.58. The van der Waals surface area contributed by atoms with Gasteiger partial charge in [0.25, 0.3) is 0 Å². The van der Waals surface area contributed by atoms with Crippen molar-refractivity contribution in [3.05, 3.63) is 11.6 Å². The van der Waals surface area contributed by atoms with Gasteiger partial charge in [0.2, 0.25) is 0 Å². The molecule has 0 atom stereocenters. The van der Waals surface area contributed by atoms with E-state index in [1.165, 1.54) is 0 Å². The van der Waals surface area contributed by atoms with Gasteiger partial charge in [-0.05, 0) is 22.6 Å². The molecule has 8 nitrogen and oxygen atoms in total. The molecule has 2 aromatic heterocycles. The Morgan fingerprint density at radius 2 is 1.33 bits per heavy atom. The Morgan fingerprint density at radius 1 is 0.833 bits per heavy atom. The number of nitrogens with zero attached hydrogens (tertiary/aromatic N) is 6. The molecular weight excluding hydrogens is 160 g/mol. The lowest BCUT2D eigenvalue weighted by Gasteiger charge is -1.75. The Balaban J connectivity index is 2.14. The average molecular weight is 164 g/mol. The summed E-state index contributed by atoms with van der Waals surface area (Å²) in [6.07, 6.45) is 3.24. The van der Waals surface area contributed by atoms with Gasteiger partial charge in [0, 0.05) is 0 Å². The Bertz CT molecular complexity index is 308. The molecule has 0 aliphatic carbocycles. The van der Waals surface area contributed by atoms with E-state index in [0.29, 0.717) is 11.6 Å². The number of aromatic amines is 2. The van der Waals surface area contributed by atoms with Gasteiger partial charge in [-0.2, -0.15) is 10.4 Å². The molecule has 60 valence electrons. The van der Waals surface area contributed by atoms with E-state index in [4.69, 9.17) is 0 Å². The van der Waals surface area contributed by atoms with Crippen LogP contribution in [0.2, 0.25) is 0 Å². The molecule has 0 saturated heterocycles. The van der Waals surface area contributed by atoms with Crippen LogP contribution < -0.4 is 0 Å². The largest absolute Gasteiger partial charge is 0.197 e. The fraction of sp³-hybridized carbons (Fsp3) is 0. The van der Waals surface area contributed by atoms with Crippen LogP contribution in [0.25, 0.3) is 12.2 Å². The quantitative estimate of drug-likeness (QED) is 0.582. The standard InChI is InChI=1S/C4H4N8/c1(3-5-9-10-6-3)2-4-7-11-12-8-4/h1-2H,(H,5,6,9,10)(H,7,8,11,12). The molecule has 0 radical (unpaired) electrons. The van der Waals surface area contributed by atoms with E-state index in [-0.39, 0.29) is 0 Å². The highest BCUT2D eigenvalue weighted by Gasteiger charge is 1.92.